The molecule has 37 heavy (non-hydrogen) atoms. The maximum atomic E-state index is 13.8. The molecular weight excluding hydrogens is 464 g/mol. The van der Waals surface area contributed by atoms with Crippen LogP contribution in [0.15, 0.2) is 84.9 Å². The minimum Gasteiger partial charge on any atom is -0.469 e. The van der Waals surface area contributed by atoms with Crippen molar-refractivity contribution in [3.05, 3.63) is 102 Å². The van der Waals surface area contributed by atoms with E-state index in [0.717, 1.165) is 16.7 Å². The van der Waals surface area contributed by atoms with Crippen LogP contribution in [0.1, 0.15) is 62.9 Å². The number of benzene rings is 3. The van der Waals surface area contributed by atoms with Gasteiger partial charge in [-0.2, -0.15) is 0 Å². The monoisotopic (exact) mass is 502 g/mol. The van der Waals surface area contributed by atoms with Gasteiger partial charge in [0.1, 0.15) is 5.60 Å². The van der Waals surface area contributed by atoms with Gasteiger partial charge in [-0.15, -0.1) is 0 Å². The summed E-state index contributed by atoms with van der Waals surface area (Å²) in [5.74, 6) is -1.81. The number of ether oxygens (including phenoxy) is 2. The van der Waals surface area contributed by atoms with Gasteiger partial charge in [-0.3, -0.25) is 14.5 Å². The summed E-state index contributed by atoms with van der Waals surface area (Å²) in [4.78, 5) is 28.6. The quantitative estimate of drug-likeness (QED) is 0.267. The van der Waals surface area contributed by atoms with E-state index in [-0.39, 0.29) is 12.5 Å². The summed E-state index contributed by atoms with van der Waals surface area (Å²) >= 11 is 0. The van der Waals surface area contributed by atoms with Gasteiger partial charge in [-0.25, -0.2) is 0 Å². The number of hydrogen-bond donors (Lipinski definition) is 1. The van der Waals surface area contributed by atoms with E-state index in [2.05, 4.69) is 36.1 Å². The molecule has 0 unspecified atom stereocenters. The van der Waals surface area contributed by atoms with Crippen LogP contribution < -0.4 is 5.73 Å². The number of methoxy groups -OCH3 is 1. The first-order valence-corrected chi connectivity index (χ1v) is 12.6. The van der Waals surface area contributed by atoms with Crippen LogP contribution in [0.3, 0.4) is 0 Å². The van der Waals surface area contributed by atoms with Crippen molar-refractivity contribution in [1.82, 2.24) is 4.90 Å². The molecule has 3 rings (SSSR count). The molecular formula is C31H38N2O4. The number of anilines is 1. The number of nitrogens with two attached hydrogens (primary N) is 1. The van der Waals surface area contributed by atoms with Crippen LogP contribution in [0.25, 0.3) is 0 Å². The molecule has 2 N–H and O–H groups in total. The Hall–Kier alpha value is -3.64. The van der Waals surface area contributed by atoms with Gasteiger partial charge in [-0.05, 0) is 50.5 Å². The molecule has 0 saturated carbocycles. The number of carbonyl (C=O) groups is 2. The lowest BCUT2D eigenvalue weighted by molar-refractivity contribution is -0.167. The van der Waals surface area contributed by atoms with Crippen LogP contribution in [0.4, 0.5) is 5.69 Å². The average Bonchev–Trinajstić information content (AvgIpc) is 2.88. The van der Waals surface area contributed by atoms with Gasteiger partial charge in [0, 0.05) is 18.3 Å². The number of carbonyl (C=O) groups excluding carboxylic acids is 2. The van der Waals surface area contributed by atoms with E-state index in [1.165, 1.54) is 7.11 Å². The molecule has 0 fully saturated rings. The Kier molecular flexibility index (Phi) is 9.48. The van der Waals surface area contributed by atoms with Gasteiger partial charge in [0.2, 0.25) is 0 Å². The Morgan fingerprint density at radius 1 is 0.892 bits per heavy atom. The van der Waals surface area contributed by atoms with Gasteiger partial charge >= 0.3 is 11.9 Å². The Morgan fingerprint density at radius 2 is 1.46 bits per heavy atom. The van der Waals surface area contributed by atoms with E-state index >= 15 is 0 Å². The fourth-order valence-corrected chi connectivity index (χ4v) is 4.56. The van der Waals surface area contributed by atoms with Crippen LogP contribution in [0.2, 0.25) is 0 Å². The second kappa shape index (κ2) is 12.5. The molecule has 6 nitrogen and oxygen atoms in total. The van der Waals surface area contributed by atoms with Crippen LogP contribution in [0, 0.1) is 5.92 Å². The molecule has 0 spiro atoms. The predicted molar refractivity (Wildman–Crippen MR) is 146 cm³/mol. The van der Waals surface area contributed by atoms with Crippen molar-refractivity contribution in [3.8, 4) is 0 Å². The number of esters is 2. The van der Waals surface area contributed by atoms with Crippen LogP contribution in [-0.4, -0.2) is 29.5 Å². The first kappa shape index (κ1) is 27.9. The molecule has 0 bridgehead atoms. The summed E-state index contributed by atoms with van der Waals surface area (Å²) in [7, 11) is 1.33. The van der Waals surface area contributed by atoms with Gasteiger partial charge in [0.05, 0.1) is 25.5 Å². The lowest BCUT2D eigenvalue weighted by atomic mass is 9.85. The molecule has 3 aromatic carbocycles. The second-order valence-corrected chi connectivity index (χ2v) is 10.2. The smallest absolute Gasteiger partial charge is 0.312 e. The van der Waals surface area contributed by atoms with E-state index in [1.807, 2.05) is 81.4 Å². The van der Waals surface area contributed by atoms with Crippen LogP contribution in [-0.2, 0) is 25.6 Å². The Morgan fingerprint density at radius 3 is 2.03 bits per heavy atom. The van der Waals surface area contributed by atoms with Crippen molar-refractivity contribution >= 4 is 17.6 Å². The third-order valence-corrected chi connectivity index (χ3v) is 6.36. The number of nitrogens with zero attached hydrogens (tertiary/aromatic N) is 1. The topological polar surface area (TPSA) is 81.9 Å². The van der Waals surface area contributed by atoms with Gasteiger partial charge in [-0.1, -0.05) is 78.9 Å². The molecule has 3 aromatic rings. The molecule has 0 aliphatic heterocycles. The largest absolute Gasteiger partial charge is 0.469 e. The molecule has 0 heterocycles. The third-order valence-electron chi connectivity index (χ3n) is 6.36. The SMILES string of the molecule is COC(=O)C[C@@H](C(=O)OC(C)(C)C)[C@@H](c1ccccc1N)N(Cc1ccccc1)[C@H](C)c1ccccc1. The molecule has 0 amide bonds. The number of nitrogen functional groups attached to an aromatic ring is 1. The van der Waals surface area contributed by atoms with E-state index < -0.39 is 29.5 Å². The minimum absolute atomic E-state index is 0.117. The predicted octanol–water partition coefficient (Wildman–Crippen LogP) is 6.09. The lowest BCUT2D eigenvalue weighted by Crippen LogP contribution is -2.42. The van der Waals surface area contributed by atoms with E-state index in [0.29, 0.717) is 12.2 Å². The highest BCUT2D eigenvalue weighted by Gasteiger charge is 2.41. The maximum Gasteiger partial charge on any atom is 0.312 e. The third kappa shape index (κ3) is 7.67. The van der Waals surface area contributed by atoms with Crippen molar-refractivity contribution < 1.29 is 19.1 Å². The Bertz CT molecular complexity index is 1160. The first-order chi connectivity index (χ1) is 17.6. The standard InChI is InChI=1S/C31H38N2O4/c1-22(24-16-10-7-11-17-24)33(21-23-14-8-6-9-15-23)29(25-18-12-13-19-27(25)32)26(20-28(34)36-5)30(35)37-31(2,3)4/h6-19,22,26,29H,20-21,32H2,1-5H3/t22-,26-,29-/m1/s1. The highest BCUT2D eigenvalue weighted by molar-refractivity contribution is 5.81. The molecule has 0 aliphatic rings. The molecule has 0 saturated heterocycles. The zero-order valence-corrected chi connectivity index (χ0v) is 22.4. The summed E-state index contributed by atoms with van der Waals surface area (Å²) in [6, 6.07) is 27.0. The number of para-hydroxylation sites is 1. The maximum absolute atomic E-state index is 13.8. The Labute approximate surface area is 220 Å². The molecule has 3 atom stereocenters. The van der Waals surface area contributed by atoms with Crippen LogP contribution >= 0.6 is 0 Å². The van der Waals surface area contributed by atoms with Crippen molar-refractivity contribution in [2.45, 2.75) is 58.3 Å². The van der Waals surface area contributed by atoms with E-state index in [4.69, 9.17) is 15.2 Å². The zero-order chi connectivity index (χ0) is 27.0. The van der Waals surface area contributed by atoms with Gasteiger partial charge < -0.3 is 15.2 Å². The highest BCUT2D eigenvalue weighted by atomic mass is 16.6. The van der Waals surface area contributed by atoms with E-state index in [9.17, 15) is 9.59 Å². The summed E-state index contributed by atoms with van der Waals surface area (Å²) < 4.78 is 10.9. The fourth-order valence-electron chi connectivity index (χ4n) is 4.56. The highest BCUT2D eigenvalue weighted by Crippen LogP contribution is 2.41. The fraction of sp³-hybridized carbons (Fsp3) is 0.355. The summed E-state index contributed by atoms with van der Waals surface area (Å²) in [5, 5.41) is 0. The molecule has 196 valence electrons. The Balaban J connectivity index is 2.22. The molecule has 6 heteroatoms. The second-order valence-electron chi connectivity index (χ2n) is 10.2. The molecule has 0 aromatic heterocycles. The zero-order valence-electron chi connectivity index (χ0n) is 22.4. The van der Waals surface area contributed by atoms with Crippen molar-refractivity contribution in [2.24, 2.45) is 5.92 Å². The van der Waals surface area contributed by atoms with Crippen LogP contribution in [0.5, 0.6) is 0 Å². The lowest BCUT2D eigenvalue weighted by Gasteiger charge is -2.41. The van der Waals surface area contributed by atoms with Crippen molar-refractivity contribution in [2.75, 3.05) is 12.8 Å². The normalized spacial score (nSPS) is 14.0. The molecule has 0 radical (unpaired) electrons. The average molecular weight is 503 g/mol. The van der Waals surface area contributed by atoms with Crippen molar-refractivity contribution in [3.63, 3.8) is 0 Å². The number of hydrogen-bond acceptors (Lipinski definition) is 6. The summed E-state index contributed by atoms with van der Waals surface area (Å²) in [5.41, 5.74) is 9.26. The van der Waals surface area contributed by atoms with Gasteiger partial charge in [0.25, 0.3) is 0 Å². The number of rotatable bonds is 10. The summed E-state index contributed by atoms with van der Waals surface area (Å²) in [6.07, 6.45) is -0.142. The summed E-state index contributed by atoms with van der Waals surface area (Å²) in [6.45, 7) is 8.09. The van der Waals surface area contributed by atoms with Gasteiger partial charge in [0.15, 0.2) is 0 Å². The van der Waals surface area contributed by atoms with Crippen molar-refractivity contribution in [1.29, 1.82) is 0 Å². The van der Waals surface area contributed by atoms with E-state index in [1.54, 1.807) is 0 Å². The molecule has 0 aliphatic carbocycles. The first-order valence-electron chi connectivity index (χ1n) is 12.6. The minimum atomic E-state index is -0.855.